The minimum Gasteiger partial charge on any atom is -0.493 e. The van der Waals surface area contributed by atoms with Gasteiger partial charge in [-0.05, 0) is 31.4 Å². The molecule has 24 heavy (non-hydrogen) atoms. The molecule has 0 aliphatic carbocycles. The van der Waals surface area contributed by atoms with Gasteiger partial charge >= 0.3 is 0 Å². The van der Waals surface area contributed by atoms with Crippen molar-refractivity contribution in [3.8, 4) is 11.5 Å². The Bertz CT molecular complexity index is 662. The molecule has 0 aromatic heterocycles. The van der Waals surface area contributed by atoms with Crippen LogP contribution in [0.3, 0.4) is 0 Å². The van der Waals surface area contributed by atoms with Gasteiger partial charge in [-0.2, -0.15) is 0 Å². The number of nitrogens with one attached hydrogen (secondary N) is 1. The lowest BCUT2D eigenvalue weighted by Gasteiger charge is -2.35. The van der Waals surface area contributed by atoms with Crippen LogP contribution in [0.25, 0.3) is 0 Å². The lowest BCUT2D eigenvalue weighted by Crippen LogP contribution is -2.50. The van der Waals surface area contributed by atoms with Crippen LogP contribution in [0, 0.1) is 0 Å². The van der Waals surface area contributed by atoms with E-state index in [1.807, 2.05) is 12.1 Å². The predicted octanol–water partition coefficient (Wildman–Crippen LogP) is 1.00. The number of nitrogens with zero attached hydrogens (tertiary/aromatic N) is 1. The highest BCUT2D eigenvalue weighted by Crippen LogP contribution is 2.26. The number of benzene rings is 1. The molecule has 0 spiro atoms. The van der Waals surface area contributed by atoms with Crippen molar-refractivity contribution in [1.29, 1.82) is 0 Å². The zero-order valence-corrected chi connectivity index (χ0v) is 14.8. The average molecular weight is 356 g/mol. The van der Waals surface area contributed by atoms with Gasteiger partial charge in [0, 0.05) is 19.1 Å². The maximum absolute atomic E-state index is 12.5. The summed E-state index contributed by atoms with van der Waals surface area (Å²) in [4.78, 5) is 14.2. The highest BCUT2D eigenvalue weighted by Gasteiger charge is 2.27. The number of carbonyl (C=O) groups excluding carboxylic acids is 1. The van der Waals surface area contributed by atoms with E-state index in [0.29, 0.717) is 18.0 Å². The van der Waals surface area contributed by atoms with Crippen molar-refractivity contribution < 1.29 is 22.7 Å². The highest BCUT2D eigenvalue weighted by atomic mass is 32.2. The second-order valence-electron chi connectivity index (χ2n) is 5.80. The molecule has 1 saturated heterocycles. The summed E-state index contributed by atoms with van der Waals surface area (Å²) < 4.78 is 35.8. The van der Waals surface area contributed by atoms with Crippen molar-refractivity contribution >= 4 is 15.9 Å². The first-order valence-corrected chi connectivity index (χ1v) is 9.80. The Hall–Kier alpha value is -1.80. The first-order chi connectivity index (χ1) is 11.4. The molecule has 0 radical (unpaired) electrons. The molecule has 8 heteroatoms. The van der Waals surface area contributed by atoms with Crippen LogP contribution >= 0.6 is 0 Å². The number of likely N-dealkylation sites (tertiary alicyclic amines) is 1. The number of hydrogen-bond acceptors (Lipinski definition) is 5. The van der Waals surface area contributed by atoms with Crippen LogP contribution in [0.1, 0.15) is 19.3 Å². The largest absolute Gasteiger partial charge is 0.493 e. The molecule has 1 atom stereocenters. The Labute approximate surface area is 143 Å². The van der Waals surface area contributed by atoms with Crippen LogP contribution in [-0.4, -0.2) is 58.3 Å². The number of piperidine rings is 1. The van der Waals surface area contributed by atoms with E-state index in [1.54, 1.807) is 24.1 Å². The molecule has 0 saturated carbocycles. The SMILES string of the molecule is COc1ccccc1OCC(=O)N1CCCCC1CNS(C)(=O)=O. The predicted molar refractivity (Wildman–Crippen MR) is 90.7 cm³/mol. The van der Waals surface area contributed by atoms with Crippen molar-refractivity contribution in [2.75, 3.05) is 33.1 Å². The van der Waals surface area contributed by atoms with Crippen LogP contribution in [0.5, 0.6) is 11.5 Å². The van der Waals surface area contributed by atoms with Gasteiger partial charge in [-0.25, -0.2) is 13.1 Å². The Morgan fingerprint density at radius 2 is 2.00 bits per heavy atom. The number of sulfonamides is 1. The first kappa shape index (κ1) is 18.5. The smallest absolute Gasteiger partial charge is 0.260 e. The fourth-order valence-corrected chi connectivity index (χ4v) is 3.24. The second-order valence-corrected chi connectivity index (χ2v) is 7.63. The van der Waals surface area contributed by atoms with Gasteiger partial charge in [0.25, 0.3) is 5.91 Å². The van der Waals surface area contributed by atoms with Gasteiger partial charge in [-0.3, -0.25) is 4.79 Å². The lowest BCUT2D eigenvalue weighted by atomic mass is 10.0. The molecule has 2 rings (SSSR count). The summed E-state index contributed by atoms with van der Waals surface area (Å²) in [5.41, 5.74) is 0. The van der Waals surface area contributed by atoms with E-state index in [1.165, 1.54) is 0 Å². The highest BCUT2D eigenvalue weighted by molar-refractivity contribution is 7.88. The van der Waals surface area contributed by atoms with Crippen LogP contribution in [0.2, 0.25) is 0 Å². The molecule has 7 nitrogen and oxygen atoms in total. The van der Waals surface area contributed by atoms with Gasteiger partial charge in [0.05, 0.1) is 13.4 Å². The molecule has 1 amide bonds. The van der Waals surface area contributed by atoms with E-state index in [2.05, 4.69) is 4.72 Å². The van der Waals surface area contributed by atoms with E-state index in [9.17, 15) is 13.2 Å². The summed E-state index contributed by atoms with van der Waals surface area (Å²) in [6, 6.07) is 7.00. The monoisotopic (exact) mass is 356 g/mol. The van der Waals surface area contributed by atoms with Gasteiger partial charge in [0.2, 0.25) is 10.0 Å². The lowest BCUT2D eigenvalue weighted by molar-refractivity contribution is -0.136. The molecule has 134 valence electrons. The summed E-state index contributed by atoms with van der Waals surface area (Å²) in [5.74, 6) is 0.927. The standard InChI is InChI=1S/C16H24N2O5S/c1-22-14-8-3-4-9-15(14)23-12-16(19)18-10-6-5-7-13(18)11-17-24(2,20)21/h3-4,8-9,13,17H,5-7,10-12H2,1-2H3. The molecule has 1 unspecified atom stereocenters. The second kappa shape index (κ2) is 8.34. The fourth-order valence-electron chi connectivity index (χ4n) is 2.75. The van der Waals surface area contributed by atoms with Crippen LogP contribution in [0.15, 0.2) is 24.3 Å². The molecule has 1 heterocycles. The van der Waals surface area contributed by atoms with Crippen molar-refractivity contribution in [3.05, 3.63) is 24.3 Å². The van der Waals surface area contributed by atoms with Gasteiger partial charge in [-0.15, -0.1) is 0 Å². The Balaban J connectivity index is 1.95. The topological polar surface area (TPSA) is 84.9 Å². The van der Waals surface area contributed by atoms with Crippen molar-refractivity contribution in [1.82, 2.24) is 9.62 Å². The van der Waals surface area contributed by atoms with Crippen LogP contribution in [0.4, 0.5) is 0 Å². The number of ether oxygens (including phenoxy) is 2. The van der Waals surface area contributed by atoms with Gasteiger partial charge in [0.1, 0.15) is 0 Å². The Kier molecular flexibility index (Phi) is 6.44. The molecule has 1 N–H and O–H groups in total. The molecule has 1 aliphatic rings. The average Bonchev–Trinajstić information content (AvgIpc) is 2.57. The van der Waals surface area contributed by atoms with Gasteiger partial charge in [-0.1, -0.05) is 12.1 Å². The van der Waals surface area contributed by atoms with Gasteiger partial charge < -0.3 is 14.4 Å². The van der Waals surface area contributed by atoms with Crippen LogP contribution < -0.4 is 14.2 Å². The Morgan fingerprint density at radius 1 is 1.29 bits per heavy atom. The molecule has 1 aromatic carbocycles. The number of rotatable bonds is 7. The van der Waals surface area contributed by atoms with Crippen molar-refractivity contribution in [2.24, 2.45) is 0 Å². The minimum absolute atomic E-state index is 0.101. The normalized spacial score (nSPS) is 18.2. The van der Waals surface area contributed by atoms with E-state index < -0.39 is 10.0 Å². The maximum atomic E-state index is 12.5. The summed E-state index contributed by atoms with van der Waals surface area (Å²) in [7, 11) is -1.73. The molecule has 1 aromatic rings. The summed E-state index contributed by atoms with van der Waals surface area (Å²) in [6.45, 7) is 0.749. The zero-order valence-electron chi connectivity index (χ0n) is 14.0. The number of methoxy groups -OCH3 is 1. The molecular formula is C16H24N2O5S. The van der Waals surface area contributed by atoms with E-state index in [-0.39, 0.29) is 25.1 Å². The number of para-hydroxylation sites is 2. The Morgan fingerprint density at radius 3 is 2.67 bits per heavy atom. The third kappa shape index (κ3) is 5.38. The fraction of sp³-hybridized carbons (Fsp3) is 0.562. The van der Waals surface area contributed by atoms with E-state index >= 15 is 0 Å². The van der Waals surface area contributed by atoms with E-state index in [0.717, 1.165) is 25.5 Å². The quantitative estimate of drug-likeness (QED) is 0.788. The third-order valence-corrected chi connectivity index (χ3v) is 4.64. The molecule has 1 aliphatic heterocycles. The van der Waals surface area contributed by atoms with Crippen molar-refractivity contribution in [2.45, 2.75) is 25.3 Å². The minimum atomic E-state index is -3.27. The summed E-state index contributed by atoms with van der Waals surface area (Å²) in [6.07, 6.45) is 3.79. The number of carbonyl (C=O) groups is 1. The summed E-state index contributed by atoms with van der Waals surface area (Å²) in [5, 5.41) is 0. The van der Waals surface area contributed by atoms with Crippen LogP contribution in [-0.2, 0) is 14.8 Å². The van der Waals surface area contributed by atoms with Crippen molar-refractivity contribution in [3.63, 3.8) is 0 Å². The first-order valence-electron chi connectivity index (χ1n) is 7.90. The zero-order chi connectivity index (χ0) is 17.6. The number of amides is 1. The maximum Gasteiger partial charge on any atom is 0.260 e. The molecule has 0 bridgehead atoms. The van der Waals surface area contributed by atoms with E-state index in [4.69, 9.17) is 9.47 Å². The summed E-state index contributed by atoms with van der Waals surface area (Å²) >= 11 is 0. The molecule has 1 fully saturated rings. The molecular weight excluding hydrogens is 332 g/mol. The third-order valence-electron chi connectivity index (χ3n) is 3.95. The number of hydrogen-bond donors (Lipinski definition) is 1. The van der Waals surface area contributed by atoms with Gasteiger partial charge in [0.15, 0.2) is 18.1 Å².